The number of hydrogen-bond donors (Lipinski definition) is 0. The summed E-state index contributed by atoms with van der Waals surface area (Å²) in [5, 5.41) is 0.442. The maximum Gasteiger partial charge on any atom is 0.316 e. The van der Waals surface area contributed by atoms with Crippen LogP contribution < -0.4 is 19.3 Å². The Bertz CT molecular complexity index is 1290. The minimum absolute atomic E-state index is 0.0211. The average Bonchev–Trinajstić information content (AvgIpc) is 3.37. The van der Waals surface area contributed by atoms with Crippen molar-refractivity contribution in [2.75, 3.05) is 23.5 Å². The van der Waals surface area contributed by atoms with E-state index in [1.165, 1.54) is 23.0 Å². The largest absolute Gasteiger partial charge is 0.495 e. The van der Waals surface area contributed by atoms with Gasteiger partial charge in [0.2, 0.25) is 17.7 Å². The number of allylic oxidation sites excluding steroid dienone is 2. The third kappa shape index (κ3) is 4.15. The molecule has 0 radical (unpaired) electrons. The van der Waals surface area contributed by atoms with Crippen molar-refractivity contribution in [1.82, 2.24) is 0 Å². The molecule has 3 amide bonds. The highest BCUT2D eigenvalue weighted by atomic mass is 35.5. The van der Waals surface area contributed by atoms with Gasteiger partial charge in [0.25, 0.3) is 0 Å². The number of amides is 3. The fraction of sp³-hybridized carbons (Fsp3) is 0.333. The molecule has 2 aromatic rings. The molecule has 3 aliphatic rings. The van der Waals surface area contributed by atoms with E-state index in [-0.39, 0.29) is 54.2 Å². The number of esters is 1. The van der Waals surface area contributed by atoms with Gasteiger partial charge >= 0.3 is 5.97 Å². The third-order valence-corrected chi connectivity index (χ3v) is 7.29. The van der Waals surface area contributed by atoms with Gasteiger partial charge in [-0.15, -0.1) is 0 Å². The predicted octanol–water partition coefficient (Wildman–Crippen LogP) is 4.01. The van der Waals surface area contributed by atoms with Gasteiger partial charge in [-0.2, -0.15) is 0 Å². The van der Waals surface area contributed by atoms with Gasteiger partial charge in [0.05, 0.1) is 36.2 Å². The molecular weight excluding hydrogens is 484 g/mol. The molecule has 36 heavy (non-hydrogen) atoms. The highest BCUT2D eigenvalue weighted by Gasteiger charge is 2.50. The van der Waals surface area contributed by atoms with Gasteiger partial charge in [-0.25, -0.2) is 4.90 Å². The number of carbonyl (C=O) groups is 4. The summed E-state index contributed by atoms with van der Waals surface area (Å²) in [6.07, 6.45) is 4.43. The zero-order valence-electron chi connectivity index (χ0n) is 19.8. The zero-order chi connectivity index (χ0) is 25.6. The molecule has 9 heteroatoms. The van der Waals surface area contributed by atoms with Crippen LogP contribution in [0.5, 0.6) is 11.5 Å². The topological polar surface area (TPSA) is 93.2 Å². The molecule has 0 bridgehead atoms. The number of nitrogens with zero attached hydrogens (tertiary/aromatic N) is 2. The van der Waals surface area contributed by atoms with E-state index >= 15 is 0 Å². The van der Waals surface area contributed by atoms with Crippen molar-refractivity contribution >= 4 is 46.7 Å². The fourth-order valence-corrected chi connectivity index (χ4v) is 5.43. The van der Waals surface area contributed by atoms with Gasteiger partial charge in [0, 0.05) is 24.1 Å². The van der Waals surface area contributed by atoms with E-state index in [9.17, 15) is 19.2 Å². The lowest BCUT2D eigenvalue weighted by Crippen LogP contribution is -2.31. The molecule has 0 spiro atoms. The molecule has 2 fully saturated rings. The molecule has 0 N–H and O–H groups in total. The molecule has 2 saturated heterocycles. The summed E-state index contributed by atoms with van der Waals surface area (Å²) in [6.45, 7) is 2.05. The van der Waals surface area contributed by atoms with Gasteiger partial charge in [0.15, 0.2) is 0 Å². The molecule has 2 aromatic carbocycles. The van der Waals surface area contributed by atoms with Crippen LogP contribution in [-0.4, -0.2) is 37.3 Å². The Morgan fingerprint density at radius 1 is 1.08 bits per heavy atom. The van der Waals surface area contributed by atoms with Crippen molar-refractivity contribution in [3.05, 3.63) is 59.6 Å². The number of imide groups is 1. The van der Waals surface area contributed by atoms with Crippen LogP contribution in [0.3, 0.4) is 0 Å². The van der Waals surface area contributed by atoms with E-state index in [4.69, 9.17) is 21.1 Å². The lowest BCUT2D eigenvalue weighted by atomic mass is 9.78. The molecular formula is C27H25ClN2O6. The standard InChI is InChI=1S/C27H25ClN2O6/c1-15-5-3-8-20-24(15)26(33)30(25(20)32)18-6-4-7-19(13-18)36-27(34)16-11-23(31)29(14-16)21-12-17(28)9-10-22(21)35-2/h3-7,9-10,12-13,15-16,20,24H,8,11,14H2,1-2H3/t15-,16+,20+,24+/m0/s1. The molecule has 5 rings (SSSR count). The van der Waals surface area contributed by atoms with Crippen molar-refractivity contribution in [3.8, 4) is 11.5 Å². The number of carbonyl (C=O) groups excluding carboxylic acids is 4. The number of ether oxygens (including phenoxy) is 2. The highest BCUT2D eigenvalue weighted by Crippen LogP contribution is 2.41. The Balaban J connectivity index is 1.31. The molecule has 8 nitrogen and oxygen atoms in total. The van der Waals surface area contributed by atoms with Crippen molar-refractivity contribution in [2.45, 2.75) is 19.8 Å². The summed E-state index contributed by atoms with van der Waals surface area (Å²) < 4.78 is 10.9. The van der Waals surface area contributed by atoms with Crippen LogP contribution in [0.2, 0.25) is 5.02 Å². The first-order valence-corrected chi connectivity index (χ1v) is 12.2. The van der Waals surface area contributed by atoms with Crippen LogP contribution in [0.1, 0.15) is 19.8 Å². The van der Waals surface area contributed by atoms with Crippen molar-refractivity contribution < 1.29 is 28.7 Å². The number of anilines is 2. The quantitative estimate of drug-likeness (QED) is 0.262. The lowest BCUT2D eigenvalue weighted by molar-refractivity contribution is -0.139. The van der Waals surface area contributed by atoms with Crippen molar-refractivity contribution in [1.29, 1.82) is 0 Å². The Morgan fingerprint density at radius 2 is 1.89 bits per heavy atom. The van der Waals surface area contributed by atoms with Crippen LogP contribution in [0.15, 0.2) is 54.6 Å². The maximum atomic E-state index is 13.1. The number of halogens is 1. The van der Waals surface area contributed by atoms with Crippen LogP contribution in [0.4, 0.5) is 11.4 Å². The van der Waals surface area contributed by atoms with Crippen LogP contribution in [-0.2, 0) is 19.2 Å². The molecule has 2 heterocycles. The van der Waals surface area contributed by atoms with Crippen LogP contribution >= 0.6 is 11.6 Å². The predicted molar refractivity (Wildman–Crippen MR) is 133 cm³/mol. The minimum atomic E-state index is -0.699. The molecule has 0 unspecified atom stereocenters. The second-order valence-corrected chi connectivity index (χ2v) is 9.74. The van der Waals surface area contributed by atoms with Gasteiger partial charge in [-0.3, -0.25) is 19.2 Å². The van der Waals surface area contributed by atoms with Gasteiger partial charge in [-0.1, -0.05) is 36.7 Å². The first-order chi connectivity index (χ1) is 17.3. The van der Waals surface area contributed by atoms with Gasteiger partial charge in [0.1, 0.15) is 11.5 Å². The van der Waals surface area contributed by atoms with Gasteiger partial charge in [-0.05, 0) is 42.7 Å². The van der Waals surface area contributed by atoms with E-state index < -0.39 is 11.9 Å². The second-order valence-electron chi connectivity index (χ2n) is 9.31. The fourth-order valence-electron chi connectivity index (χ4n) is 5.26. The van der Waals surface area contributed by atoms with E-state index in [1.54, 1.807) is 36.4 Å². The van der Waals surface area contributed by atoms with E-state index in [0.717, 1.165) is 0 Å². The minimum Gasteiger partial charge on any atom is -0.495 e. The maximum absolute atomic E-state index is 13.1. The number of rotatable bonds is 5. The summed E-state index contributed by atoms with van der Waals surface area (Å²) in [5.41, 5.74) is 0.855. The Kier molecular flexibility index (Phi) is 6.30. The number of hydrogen-bond acceptors (Lipinski definition) is 6. The zero-order valence-corrected chi connectivity index (χ0v) is 20.6. The average molecular weight is 509 g/mol. The second kappa shape index (κ2) is 9.43. The SMILES string of the molecule is COc1ccc(Cl)cc1N1C[C@H](C(=O)Oc2cccc(N3C(=O)[C@@H]4[C@@H](C)C=CC[C@H]4C3=O)c2)CC1=O. The summed E-state index contributed by atoms with van der Waals surface area (Å²) in [4.78, 5) is 54.4. The Labute approximate surface area is 213 Å². The summed E-state index contributed by atoms with van der Waals surface area (Å²) in [5.74, 6) is -2.10. The van der Waals surface area contributed by atoms with Crippen LogP contribution in [0, 0.1) is 23.7 Å². The molecule has 4 atom stereocenters. The van der Waals surface area contributed by atoms with Crippen molar-refractivity contribution in [2.24, 2.45) is 23.7 Å². The summed E-state index contributed by atoms with van der Waals surface area (Å²) in [6, 6.07) is 11.3. The molecule has 2 aliphatic heterocycles. The molecule has 186 valence electrons. The molecule has 0 saturated carbocycles. The lowest BCUT2D eigenvalue weighted by Gasteiger charge is -2.22. The van der Waals surface area contributed by atoms with Gasteiger partial charge < -0.3 is 14.4 Å². The number of benzene rings is 2. The van der Waals surface area contributed by atoms with E-state index in [1.807, 2.05) is 19.1 Å². The van der Waals surface area contributed by atoms with E-state index in [0.29, 0.717) is 28.6 Å². The Hall–Kier alpha value is -3.65. The highest BCUT2D eigenvalue weighted by molar-refractivity contribution is 6.31. The van der Waals surface area contributed by atoms with E-state index in [2.05, 4.69) is 0 Å². The number of methoxy groups -OCH3 is 1. The first kappa shape index (κ1) is 24.1. The summed E-state index contributed by atoms with van der Waals surface area (Å²) >= 11 is 6.10. The third-order valence-electron chi connectivity index (χ3n) is 7.06. The molecule has 0 aromatic heterocycles. The number of fused-ring (bicyclic) bond motifs is 1. The molecule has 1 aliphatic carbocycles. The normalized spacial score (nSPS) is 25.4. The smallest absolute Gasteiger partial charge is 0.316 e. The van der Waals surface area contributed by atoms with Crippen molar-refractivity contribution in [3.63, 3.8) is 0 Å². The summed E-state index contributed by atoms with van der Waals surface area (Å²) in [7, 11) is 1.49. The first-order valence-electron chi connectivity index (χ1n) is 11.8. The van der Waals surface area contributed by atoms with Crippen LogP contribution in [0.25, 0.3) is 0 Å². The Morgan fingerprint density at radius 3 is 2.64 bits per heavy atom. The monoisotopic (exact) mass is 508 g/mol.